The summed E-state index contributed by atoms with van der Waals surface area (Å²) in [5.74, 6) is 0. The van der Waals surface area contributed by atoms with Gasteiger partial charge in [-0.05, 0) is 24.6 Å². The summed E-state index contributed by atoms with van der Waals surface area (Å²) < 4.78 is 27.9. The van der Waals surface area contributed by atoms with E-state index in [1.54, 1.807) is 18.2 Å². The highest BCUT2D eigenvalue weighted by Gasteiger charge is 2.32. The van der Waals surface area contributed by atoms with Gasteiger partial charge in [0.1, 0.15) is 4.90 Å². The fourth-order valence-electron chi connectivity index (χ4n) is 1.98. The lowest BCUT2D eigenvalue weighted by molar-refractivity contribution is 0.482. The van der Waals surface area contributed by atoms with Crippen molar-refractivity contribution in [3.63, 3.8) is 0 Å². The van der Waals surface area contributed by atoms with Gasteiger partial charge >= 0.3 is 0 Å². The van der Waals surface area contributed by atoms with E-state index >= 15 is 0 Å². The van der Waals surface area contributed by atoms with Crippen molar-refractivity contribution in [3.8, 4) is 0 Å². The molecule has 0 fully saturated rings. The van der Waals surface area contributed by atoms with E-state index in [-0.39, 0.29) is 9.92 Å². The van der Waals surface area contributed by atoms with Gasteiger partial charge < -0.3 is 0 Å². The van der Waals surface area contributed by atoms with Crippen molar-refractivity contribution in [3.05, 3.63) is 65.2 Å². The number of hydrogen-bond donors (Lipinski definition) is 1. The Labute approximate surface area is 138 Å². The number of halogens is 2. The molecule has 3 nitrogen and oxygen atoms in total. The predicted octanol–water partition coefficient (Wildman–Crippen LogP) is 3.93. The van der Waals surface area contributed by atoms with Crippen LogP contribution in [0.2, 0.25) is 5.02 Å². The molecule has 2 rings (SSSR count). The van der Waals surface area contributed by atoms with Gasteiger partial charge in [0.15, 0.2) is 0 Å². The zero-order valence-electron chi connectivity index (χ0n) is 11.4. The first-order valence-corrected chi connectivity index (χ1v) is 9.27. The zero-order chi connectivity index (χ0) is 15.5. The van der Waals surface area contributed by atoms with Gasteiger partial charge in [0, 0.05) is 5.33 Å². The van der Waals surface area contributed by atoms with Gasteiger partial charge in [0.05, 0.1) is 10.6 Å². The Morgan fingerprint density at radius 2 is 1.67 bits per heavy atom. The molecule has 2 aromatic carbocycles. The van der Waals surface area contributed by atoms with Crippen LogP contribution in [0.1, 0.15) is 12.5 Å². The van der Waals surface area contributed by atoms with E-state index in [0.29, 0.717) is 5.33 Å². The monoisotopic (exact) mass is 387 g/mol. The SMILES string of the molecule is CC(CBr)(NS(=O)(=O)c1ccccc1Cl)c1ccccc1. The van der Waals surface area contributed by atoms with Crippen LogP contribution in [0.5, 0.6) is 0 Å². The molecule has 0 bridgehead atoms. The van der Waals surface area contributed by atoms with Crippen molar-refractivity contribution < 1.29 is 8.42 Å². The van der Waals surface area contributed by atoms with E-state index in [1.165, 1.54) is 6.07 Å². The molecule has 112 valence electrons. The molecule has 0 aliphatic heterocycles. The molecule has 0 aromatic heterocycles. The lowest BCUT2D eigenvalue weighted by Gasteiger charge is -2.29. The van der Waals surface area contributed by atoms with Crippen molar-refractivity contribution in [2.45, 2.75) is 17.4 Å². The fourth-order valence-corrected chi connectivity index (χ4v) is 4.55. The molecule has 0 saturated carbocycles. The number of hydrogen-bond acceptors (Lipinski definition) is 2. The molecule has 0 aliphatic carbocycles. The van der Waals surface area contributed by atoms with Gasteiger partial charge in [-0.25, -0.2) is 8.42 Å². The number of rotatable bonds is 5. The first kappa shape index (κ1) is 16.5. The Morgan fingerprint density at radius 3 is 2.24 bits per heavy atom. The van der Waals surface area contributed by atoms with E-state index in [0.717, 1.165) is 5.56 Å². The lowest BCUT2D eigenvalue weighted by atomic mass is 9.96. The van der Waals surface area contributed by atoms with E-state index in [2.05, 4.69) is 20.7 Å². The molecular weight excluding hydrogens is 374 g/mol. The summed E-state index contributed by atoms with van der Waals surface area (Å²) in [6.45, 7) is 1.82. The highest BCUT2D eigenvalue weighted by Crippen LogP contribution is 2.28. The topological polar surface area (TPSA) is 46.2 Å². The van der Waals surface area contributed by atoms with Crippen LogP contribution < -0.4 is 4.72 Å². The van der Waals surface area contributed by atoms with Gasteiger partial charge in [-0.15, -0.1) is 0 Å². The Balaban J connectivity index is 2.41. The third kappa shape index (κ3) is 3.66. The maximum Gasteiger partial charge on any atom is 0.242 e. The summed E-state index contributed by atoms with van der Waals surface area (Å²) in [5.41, 5.74) is 0.108. The van der Waals surface area contributed by atoms with Gasteiger partial charge in [-0.1, -0.05) is 70.0 Å². The van der Waals surface area contributed by atoms with E-state index < -0.39 is 15.6 Å². The summed E-state index contributed by atoms with van der Waals surface area (Å²) in [7, 11) is -3.72. The predicted molar refractivity (Wildman–Crippen MR) is 89.4 cm³/mol. The van der Waals surface area contributed by atoms with Crippen molar-refractivity contribution in [1.29, 1.82) is 0 Å². The van der Waals surface area contributed by atoms with Crippen LogP contribution in [0.3, 0.4) is 0 Å². The molecule has 1 N–H and O–H groups in total. The molecule has 1 atom stereocenters. The quantitative estimate of drug-likeness (QED) is 0.789. The Kier molecular flexibility index (Phi) is 5.09. The summed E-state index contributed by atoms with van der Waals surface area (Å²) >= 11 is 9.39. The molecule has 0 aliphatic rings. The first-order valence-electron chi connectivity index (χ1n) is 6.29. The van der Waals surface area contributed by atoms with Crippen LogP contribution in [-0.4, -0.2) is 13.7 Å². The molecule has 2 aromatic rings. The molecule has 0 spiro atoms. The molecule has 0 saturated heterocycles. The minimum atomic E-state index is -3.72. The second-order valence-corrected chi connectivity index (χ2v) is 7.49. The summed E-state index contributed by atoms with van der Waals surface area (Å²) in [6, 6.07) is 15.8. The molecular formula is C15H15BrClNO2S. The minimum Gasteiger partial charge on any atom is -0.207 e. The number of sulfonamides is 1. The first-order chi connectivity index (χ1) is 9.89. The Hall–Kier alpha value is -0.880. The smallest absolute Gasteiger partial charge is 0.207 e. The molecule has 0 heterocycles. The molecule has 0 radical (unpaired) electrons. The fraction of sp³-hybridized carbons (Fsp3) is 0.200. The molecule has 21 heavy (non-hydrogen) atoms. The van der Waals surface area contributed by atoms with E-state index in [1.807, 2.05) is 37.3 Å². The van der Waals surface area contributed by atoms with Crippen molar-refractivity contribution in [2.75, 3.05) is 5.33 Å². The molecule has 0 amide bonds. The average Bonchev–Trinajstić information content (AvgIpc) is 2.48. The van der Waals surface area contributed by atoms with Gasteiger partial charge in [-0.2, -0.15) is 4.72 Å². The molecule has 6 heteroatoms. The normalized spacial score (nSPS) is 14.6. The van der Waals surface area contributed by atoms with Crippen LogP contribution in [0.4, 0.5) is 0 Å². The van der Waals surface area contributed by atoms with E-state index in [4.69, 9.17) is 11.6 Å². The van der Waals surface area contributed by atoms with Crippen LogP contribution in [-0.2, 0) is 15.6 Å². The van der Waals surface area contributed by atoms with Crippen molar-refractivity contribution in [2.24, 2.45) is 0 Å². The van der Waals surface area contributed by atoms with E-state index in [9.17, 15) is 8.42 Å². The van der Waals surface area contributed by atoms with Crippen LogP contribution in [0.25, 0.3) is 0 Å². The molecule has 1 unspecified atom stereocenters. The summed E-state index contributed by atoms with van der Waals surface area (Å²) in [6.07, 6.45) is 0. The Bertz CT molecular complexity index is 721. The minimum absolute atomic E-state index is 0.0785. The highest BCUT2D eigenvalue weighted by molar-refractivity contribution is 9.09. The number of alkyl halides is 1. The van der Waals surface area contributed by atoms with Gasteiger partial charge in [-0.3, -0.25) is 0 Å². The average molecular weight is 389 g/mol. The summed E-state index contributed by atoms with van der Waals surface area (Å²) in [4.78, 5) is 0.0785. The van der Waals surface area contributed by atoms with Crippen LogP contribution in [0.15, 0.2) is 59.5 Å². The third-order valence-electron chi connectivity index (χ3n) is 3.16. The summed E-state index contributed by atoms with van der Waals surface area (Å²) in [5, 5.41) is 0.642. The highest BCUT2D eigenvalue weighted by atomic mass is 79.9. The van der Waals surface area contributed by atoms with Crippen molar-refractivity contribution in [1.82, 2.24) is 4.72 Å². The van der Waals surface area contributed by atoms with Crippen molar-refractivity contribution >= 4 is 37.6 Å². The van der Waals surface area contributed by atoms with Crippen LogP contribution >= 0.6 is 27.5 Å². The number of nitrogens with one attached hydrogen (secondary N) is 1. The third-order valence-corrected chi connectivity index (χ3v) is 6.38. The maximum absolute atomic E-state index is 12.6. The number of benzene rings is 2. The largest absolute Gasteiger partial charge is 0.242 e. The Morgan fingerprint density at radius 1 is 1.10 bits per heavy atom. The van der Waals surface area contributed by atoms with Crippen LogP contribution in [0, 0.1) is 0 Å². The standard InChI is InChI=1S/C15H15BrClNO2S/c1-15(11-16,12-7-3-2-4-8-12)18-21(19,20)14-10-6-5-9-13(14)17/h2-10,18H,11H2,1H3. The zero-order valence-corrected chi connectivity index (χ0v) is 14.5. The lowest BCUT2D eigenvalue weighted by Crippen LogP contribution is -2.44. The maximum atomic E-state index is 12.6. The second-order valence-electron chi connectivity index (χ2n) is 4.87. The van der Waals surface area contributed by atoms with Gasteiger partial charge in [0.25, 0.3) is 0 Å². The van der Waals surface area contributed by atoms with Gasteiger partial charge in [0.2, 0.25) is 10.0 Å². The second kappa shape index (κ2) is 6.48.